The molecule has 0 fully saturated rings. The quantitative estimate of drug-likeness (QED) is 0.661. The summed E-state index contributed by atoms with van der Waals surface area (Å²) in [5.41, 5.74) is 6.93. The summed E-state index contributed by atoms with van der Waals surface area (Å²) in [6, 6.07) is 8.02. The Morgan fingerprint density at radius 1 is 1.42 bits per heavy atom. The van der Waals surface area contributed by atoms with Gasteiger partial charge in [-0.1, -0.05) is 23.9 Å². The van der Waals surface area contributed by atoms with Crippen LogP contribution in [0.4, 0.5) is 5.69 Å². The normalized spacial score (nSPS) is 26.8. The fourth-order valence-electron chi connectivity index (χ4n) is 1.11. The SMILES string of the molecule is CC1(N)C=Nc2ccccc2S1. The third-order valence-corrected chi connectivity index (χ3v) is 2.77. The molecule has 0 bridgehead atoms. The molecule has 2 N–H and O–H groups in total. The standard InChI is InChI=1S/C9H10N2S/c1-9(10)6-11-7-4-2-3-5-8(7)12-9/h2-6H,10H2,1H3. The molecule has 2 nitrogen and oxygen atoms in total. The molecule has 12 heavy (non-hydrogen) atoms. The molecule has 0 amide bonds. The summed E-state index contributed by atoms with van der Waals surface area (Å²) in [5.74, 6) is 0. The van der Waals surface area contributed by atoms with Crippen molar-refractivity contribution in [3.63, 3.8) is 0 Å². The van der Waals surface area contributed by atoms with Gasteiger partial charge in [0, 0.05) is 11.1 Å². The van der Waals surface area contributed by atoms with E-state index in [0.717, 1.165) is 10.6 Å². The number of para-hydroxylation sites is 1. The van der Waals surface area contributed by atoms with E-state index < -0.39 is 0 Å². The van der Waals surface area contributed by atoms with Gasteiger partial charge in [0.1, 0.15) is 0 Å². The molecule has 1 heterocycles. The number of rotatable bonds is 0. The average molecular weight is 178 g/mol. The van der Waals surface area contributed by atoms with Gasteiger partial charge in [0.05, 0.1) is 10.6 Å². The molecule has 0 saturated carbocycles. The minimum Gasteiger partial charge on any atom is -0.312 e. The highest BCUT2D eigenvalue weighted by Crippen LogP contribution is 2.38. The van der Waals surface area contributed by atoms with Crippen LogP contribution in [-0.2, 0) is 0 Å². The van der Waals surface area contributed by atoms with Crippen LogP contribution < -0.4 is 5.73 Å². The fraction of sp³-hybridized carbons (Fsp3) is 0.222. The zero-order valence-corrected chi connectivity index (χ0v) is 7.64. The summed E-state index contributed by atoms with van der Waals surface area (Å²) >= 11 is 1.64. The van der Waals surface area contributed by atoms with Crippen LogP contribution in [0.25, 0.3) is 0 Å². The smallest absolute Gasteiger partial charge is 0.0997 e. The van der Waals surface area contributed by atoms with E-state index in [1.807, 2.05) is 31.2 Å². The molecule has 0 aliphatic carbocycles. The van der Waals surface area contributed by atoms with E-state index in [-0.39, 0.29) is 4.87 Å². The summed E-state index contributed by atoms with van der Waals surface area (Å²) in [6.07, 6.45) is 1.79. The molecule has 3 heteroatoms. The van der Waals surface area contributed by atoms with Gasteiger partial charge in [-0.15, -0.1) is 0 Å². The first-order chi connectivity index (χ1) is 5.67. The molecule has 1 aliphatic heterocycles. The zero-order chi connectivity index (χ0) is 8.60. The van der Waals surface area contributed by atoms with Crippen LogP contribution in [0.1, 0.15) is 6.92 Å². The first-order valence-electron chi connectivity index (χ1n) is 3.79. The molecule has 1 unspecified atom stereocenters. The number of thioether (sulfide) groups is 1. The molecule has 1 aromatic carbocycles. The van der Waals surface area contributed by atoms with Gasteiger partial charge in [-0.3, -0.25) is 4.99 Å². The summed E-state index contributed by atoms with van der Waals surface area (Å²) in [7, 11) is 0. The van der Waals surface area contributed by atoms with Gasteiger partial charge < -0.3 is 5.73 Å². The third-order valence-electron chi connectivity index (χ3n) is 1.66. The monoisotopic (exact) mass is 178 g/mol. The summed E-state index contributed by atoms with van der Waals surface area (Å²) in [5, 5.41) is 0. The Morgan fingerprint density at radius 2 is 2.17 bits per heavy atom. The summed E-state index contributed by atoms with van der Waals surface area (Å²) in [4.78, 5) is 5.08. The lowest BCUT2D eigenvalue weighted by atomic mass is 10.3. The summed E-state index contributed by atoms with van der Waals surface area (Å²) < 4.78 is 0. The Bertz CT molecular complexity index is 331. The van der Waals surface area contributed by atoms with Crippen molar-refractivity contribution in [1.29, 1.82) is 0 Å². The van der Waals surface area contributed by atoms with Crippen LogP contribution in [0.3, 0.4) is 0 Å². The molecule has 0 spiro atoms. The predicted molar refractivity (Wildman–Crippen MR) is 53.0 cm³/mol. The molecule has 62 valence electrons. The molecule has 2 rings (SSSR count). The van der Waals surface area contributed by atoms with Crippen LogP contribution >= 0.6 is 11.8 Å². The lowest BCUT2D eigenvalue weighted by molar-refractivity contribution is 0.907. The van der Waals surface area contributed by atoms with Crippen molar-refractivity contribution in [2.45, 2.75) is 16.7 Å². The van der Waals surface area contributed by atoms with Crippen molar-refractivity contribution in [1.82, 2.24) is 0 Å². The van der Waals surface area contributed by atoms with Crippen LogP contribution in [0.15, 0.2) is 34.2 Å². The second kappa shape index (κ2) is 2.61. The minimum atomic E-state index is -0.353. The number of hydrogen-bond acceptors (Lipinski definition) is 3. The van der Waals surface area contributed by atoms with Gasteiger partial charge in [0.25, 0.3) is 0 Å². The topological polar surface area (TPSA) is 38.4 Å². The maximum atomic E-state index is 5.91. The Kier molecular flexibility index (Phi) is 1.70. The zero-order valence-electron chi connectivity index (χ0n) is 6.82. The van der Waals surface area contributed by atoms with E-state index in [4.69, 9.17) is 5.73 Å². The van der Waals surface area contributed by atoms with E-state index in [9.17, 15) is 0 Å². The average Bonchev–Trinajstić information content (AvgIpc) is 2.02. The van der Waals surface area contributed by atoms with Gasteiger partial charge in [0.15, 0.2) is 0 Å². The lowest BCUT2D eigenvalue weighted by Crippen LogP contribution is -2.34. The number of benzene rings is 1. The molecule has 0 radical (unpaired) electrons. The molecular formula is C9H10N2S. The third kappa shape index (κ3) is 1.38. The van der Waals surface area contributed by atoms with E-state index in [1.54, 1.807) is 18.0 Å². The van der Waals surface area contributed by atoms with Crippen molar-refractivity contribution in [2.24, 2.45) is 10.7 Å². The Hall–Kier alpha value is -0.800. The maximum Gasteiger partial charge on any atom is 0.0997 e. The number of hydrogen-bond donors (Lipinski definition) is 1. The molecule has 1 aromatic rings. The largest absolute Gasteiger partial charge is 0.312 e. The van der Waals surface area contributed by atoms with Gasteiger partial charge in [0.2, 0.25) is 0 Å². The number of nitrogens with two attached hydrogens (primary N) is 1. The highest BCUT2D eigenvalue weighted by atomic mass is 32.2. The van der Waals surface area contributed by atoms with E-state index in [2.05, 4.69) is 4.99 Å². The van der Waals surface area contributed by atoms with E-state index in [0.29, 0.717) is 0 Å². The maximum absolute atomic E-state index is 5.91. The highest BCUT2D eigenvalue weighted by molar-refractivity contribution is 8.01. The second-order valence-electron chi connectivity index (χ2n) is 3.01. The Balaban J connectivity index is 2.46. The van der Waals surface area contributed by atoms with Gasteiger partial charge in [-0.2, -0.15) is 0 Å². The van der Waals surface area contributed by atoms with Crippen LogP contribution in [-0.4, -0.2) is 11.1 Å². The van der Waals surface area contributed by atoms with Crippen LogP contribution in [0, 0.1) is 0 Å². The lowest BCUT2D eigenvalue weighted by Gasteiger charge is -2.23. The van der Waals surface area contributed by atoms with Crippen molar-refractivity contribution in [2.75, 3.05) is 0 Å². The first-order valence-corrected chi connectivity index (χ1v) is 4.61. The van der Waals surface area contributed by atoms with Crippen molar-refractivity contribution in [3.05, 3.63) is 24.3 Å². The molecular weight excluding hydrogens is 168 g/mol. The molecule has 1 aliphatic rings. The van der Waals surface area contributed by atoms with Gasteiger partial charge in [-0.25, -0.2) is 0 Å². The van der Waals surface area contributed by atoms with Gasteiger partial charge in [-0.05, 0) is 19.1 Å². The fourth-order valence-corrected chi connectivity index (χ4v) is 2.06. The first kappa shape index (κ1) is 7.83. The van der Waals surface area contributed by atoms with Crippen molar-refractivity contribution < 1.29 is 0 Å². The Morgan fingerprint density at radius 3 is 3.00 bits per heavy atom. The predicted octanol–water partition coefficient (Wildman–Crippen LogP) is 2.17. The van der Waals surface area contributed by atoms with Crippen LogP contribution in [0.2, 0.25) is 0 Å². The molecule has 0 saturated heterocycles. The van der Waals surface area contributed by atoms with E-state index in [1.165, 1.54) is 0 Å². The highest BCUT2D eigenvalue weighted by Gasteiger charge is 2.22. The molecule has 0 aromatic heterocycles. The summed E-state index contributed by atoms with van der Waals surface area (Å²) in [6.45, 7) is 1.96. The number of fused-ring (bicyclic) bond motifs is 1. The van der Waals surface area contributed by atoms with Crippen molar-refractivity contribution >= 4 is 23.7 Å². The van der Waals surface area contributed by atoms with E-state index >= 15 is 0 Å². The number of nitrogens with zero attached hydrogens (tertiary/aromatic N) is 1. The molecule has 1 atom stereocenters. The van der Waals surface area contributed by atoms with Gasteiger partial charge >= 0.3 is 0 Å². The second-order valence-corrected chi connectivity index (χ2v) is 4.54. The van der Waals surface area contributed by atoms with Crippen LogP contribution in [0.5, 0.6) is 0 Å². The van der Waals surface area contributed by atoms with Crippen molar-refractivity contribution in [3.8, 4) is 0 Å². The Labute approximate surface area is 75.9 Å². The minimum absolute atomic E-state index is 0.353. The number of aliphatic imine (C=N–C) groups is 1.